The summed E-state index contributed by atoms with van der Waals surface area (Å²) in [6.07, 6.45) is 3.35. The number of ether oxygens (including phenoxy) is 2. The largest absolute Gasteiger partial charge is 0.486 e. The molecule has 2 rings (SSSR count). The molecule has 0 aromatic heterocycles. The molecule has 1 amide bonds. The Bertz CT molecular complexity index is 471. The highest BCUT2D eigenvalue weighted by Crippen LogP contribution is 2.31. The van der Waals surface area contributed by atoms with Gasteiger partial charge < -0.3 is 14.8 Å². The molecule has 0 radical (unpaired) electrons. The fourth-order valence-electron chi connectivity index (χ4n) is 2.28. The molecule has 4 heteroatoms. The first-order valence-corrected chi connectivity index (χ1v) is 7.80. The Morgan fingerprint density at radius 2 is 2.00 bits per heavy atom. The van der Waals surface area contributed by atoms with Crippen LogP contribution in [0.5, 0.6) is 11.5 Å². The van der Waals surface area contributed by atoms with E-state index in [0.29, 0.717) is 25.6 Å². The van der Waals surface area contributed by atoms with E-state index in [9.17, 15) is 4.79 Å². The summed E-state index contributed by atoms with van der Waals surface area (Å²) in [4.78, 5) is 11.7. The van der Waals surface area contributed by atoms with Crippen LogP contribution in [0.15, 0.2) is 18.2 Å². The predicted octanol–water partition coefficient (Wildman–Crippen LogP) is 2.94. The van der Waals surface area contributed by atoms with E-state index in [1.54, 1.807) is 0 Å². The zero-order valence-corrected chi connectivity index (χ0v) is 13.0. The van der Waals surface area contributed by atoms with E-state index >= 15 is 0 Å². The van der Waals surface area contributed by atoms with Crippen LogP contribution in [0.2, 0.25) is 0 Å². The standard InChI is InChI=1S/C17H25NO3/c1-13(2)8-9-18-17(19)5-3-4-14-6-7-15-16(12-14)21-11-10-20-15/h6-7,12-13H,3-5,8-11H2,1-2H3,(H,18,19). The Morgan fingerprint density at radius 3 is 2.76 bits per heavy atom. The Hall–Kier alpha value is -1.71. The van der Waals surface area contributed by atoms with E-state index < -0.39 is 0 Å². The average Bonchev–Trinajstić information content (AvgIpc) is 2.47. The van der Waals surface area contributed by atoms with Gasteiger partial charge in [-0.1, -0.05) is 19.9 Å². The summed E-state index contributed by atoms with van der Waals surface area (Å²) < 4.78 is 11.1. The Morgan fingerprint density at radius 1 is 1.24 bits per heavy atom. The molecular formula is C17H25NO3. The summed E-state index contributed by atoms with van der Waals surface area (Å²) in [5, 5.41) is 2.97. The number of rotatable bonds is 7. The molecular weight excluding hydrogens is 266 g/mol. The summed E-state index contributed by atoms with van der Waals surface area (Å²) >= 11 is 0. The summed E-state index contributed by atoms with van der Waals surface area (Å²) in [5.74, 6) is 2.41. The zero-order valence-electron chi connectivity index (χ0n) is 13.0. The van der Waals surface area contributed by atoms with Crippen molar-refractivity contribution < 1.29 is 14.3 Å². The number of hydrogen-bond donors (Lipinski definition) is 1. The van der Waals surface area contributed by atoms with Crippen molar-refractivity contribution in [3.63, 3.8) is 0 Å². The lowest BCUT2D eigenvalue weighted by Gasteiger charge is -2.18. The molecule has 1 aromatic rings. The van der Waals surface area contributed by atoms with E-state index in [0.717, 1.165) is 37.3 Å². The predicted molar refractivity (Wildman–Crippen MR) is 82.8 cm³/mol. The zero-order chi connectivity index (χ0) is 15.1. The minimum absolute atomic E-state index is 0.146. The Labute approximate surface area is 126 Å². The first kappa shape index (κ1) is 15.7. The molecule has 1 heterocycles. The summed E-state index contributed by atoms with van der Waals surface area (Å²) in [7, 11) is 0. The number of fused-ring (bicyclic) bond motifs is 1. The summed E-state index contributed by atoms with van der Waals surface area (Å²) in [5.41, 5.74) is 1.19. The van der Waals surface area contributed by atoms with Crippen molar-refractivity contribution in [2.75, 3.05) is 19.8 Å². The van der Waals surface area contributed by atoms with Crippen LogP contribution in [0.4, 0.5) is 0 Å². The maximum atomic E-state index is 11.7. The molecule has 0 atom stereocenters. The number of carbonyl (C=O) groups excluding carboxylic acids is 1. The van der Waals surface area contributed by atoms with Crippen molar-refractivity contribution in [1.82, 2.24) is 5.32 Å². The lowest BCUT2D eigenvalue weighted by Crippen LogP contribution is -2.25. The highest BCUT2D eigenvalue weighted by molar-refractivity contribution is 5.75. The van der Waals surface area contributed by atoms with Gasteiger partial charge in [-0.2, -0.15) is 0 Å². The van der Waals surface area contributed by atoms with E-state index in [4.69, 9.17) is 9.47 Å². The number of carbonyl (C=O) groups is 1. The van der Waals surface area contributed by atoms with Gasteiger partial charge >= 0.3 is 0 Å². The van der Waals surface area contributed by atoms with Crippen LogP contribution in [0.1, 0.15) is 38.7 Å². The molecule has 0 fully saturated rings. The molecule has 0 saturated carbocycles. The van der Waals surface area contributed by atoms with Gasteiger partial charge in [-0.05, 0) is 42.9 Å². The molecule has 116 valence electrons. The molecule has 0 aliphatic carbocycles. The minimum Gasteiger partial charge on any atom is -0.486 e. The maximum absolute atomic E-state index is 11.7. The fourth-order valence-corrected chi connectivity index (χ4v) is 2.28. The van der Waals surface area contributed by atoms with Crippen LogP contribution in [0.3, 0.4) is 0 Å². The van der Waals surface area contributed by atoms with Crippen molar-refractivity contribution in [3.05, 3.63) is 23.8 Å². The van der Waals surface area contributed by atoms with Gasteiger partial charge in [0.2, 0.25) is 5.91 Å². The van der Waals surface area contributed by atoms with Gasteiger partial charge in [-0.25, -0.2) is 0 Å². The van der Waals surface area contributed by atoms with Crippen molar-refractivity contribution in [2.24, 2.45) is 5.92 Å². The van der Waals surface area contributed by atoms with Gasteiger partial charge in [0.1, 0.15) is 13.2 Å². The van der Waals surface area contributed by atoms with Gasteiger partial charge in [0.05, 0.1) is 0 Å². The van der Waals surface area contributed by atoms with Gasteiger partial charge in [-0.15, -0.1) is 0 Å². The molecule has 1 aliphatic heterocycles. The van der Waals surface area contributed by atoms with Crippen molar-refractivity contribution >= 4 is 5.91 Å². The number of aryl methyl sites for hydroxylation is 1. The summed E-state index contributed by atoms with van der Waals surface area (Å²) in [6.45, 7) is 6.32. The number of hydrogen-bond acceptors (Lipinski definition) is 3. The van der Waals surface area contributed by atoms with Gasteiger partial charge in [0, 0.05) is 13.0 Å². The van der Waals surface area contributed by atoms with Gasteiger partial charge in [0.25, 0.3) is 0 Å². The molecule has 1 aliphatic rings. The first-order chi connectivity index (χ1) is 10.1. The highest BCUT2D eigenvalue weighted by Gasteiger charge is 2.11. The Balaban J connectivity index is 1.70. The third-order valence-electron chi connectivity index (χ3n) is 3.52. The van der Waals surface area contributed by atoms with E-state index in [1.165, 1.54) is 5.56 Å². The SMILES string of the molecule is CC(C)CCNC(=O)CCCc1ccc2c(c1)OCCO2. The van der Waals surface area contributed by atoms with E-state index in [2.05, 4.69) is 19.2 Å². The number of benzene rings is 1. The third kappa shape index (κ3) is 5.29. The second-order valence-electron chi connectivity index (χ2n) is 5.86. The lowest BCUT2D eigenvalue weighted by atomic mass is 10.1. The van der Waals surface area contributed by atoms with Crippen LogP contribution < -0.4 is 14.8 Å². The van der Waals surface area contributed by atoms with Crippen LogP contribution in [-0.2, 0) is 11.2 Å². The normalized spacial score (nSPS) is 13.3. The van der Waals surface area contributed by atoms with Crippen LogP contribution in [-0.4, -0.2) is 25.7 Å². The molecule has 1 aromatic carbocycles. The highest BCUT2D eigenvalue weighted by atomic mass is 16.6. The van der Waals surface area contributed by atoms with E-state index in [1.807, 2.05) is 18.2 Å². The lowest BCUT2D eigenvalue weighted by molar-refractivity contribution is -0.121. The molecule has 0 bridgehead atoms. The molecule has 4 nitrogen and oxygen atoms in total. The fraction of sp³-hybridized carbons (Fsp3) is 0.588. The molecule has 0 unspecified atom stereocenters. The number of nitrogens with one attached hydrogen (secondary N) is 1. The number of amides is 1. The van der Waals surface area contributed by atoms with Crippen molar-refractivity contribution in [1.29, 1.82) is 0 Å². The molecule has 0 spiro atoms. The third-order valence-corrected chi connectivity index (χ3v) is 3.52. The second kappa shape index (κ2) is 7.91. The molecule has 1 N–H and O–H groups in total. The van der Waals surface area contributed by atoms with Crippen LogP contribution >= 0.6 is 0 Å². The Kier molecular flexibility index (Phi) is 5.90. The second-order valence-corrected chi connectivity index (χ2v) is 5.86. The van der Waals surface area contributed by atoms with Gasteiger partial charge in [0.15, 0.2) is 11.5 Å². The molecule has 21 heavy (non-hydrogen) atoms. The molecule has 0 saturated heterocycles. The maximum Gasteiger partial charge on any atom is 0.220 e. The topological polar surface area (TPSA) is 47.6 Å². The van der Waals surface area contributed by atoms with Gasteiger partial charge in [-0.3, -0.25) is 4.79 Å². The van der Waals surface area contributed by atoms with Crippen LogP contribution in [0.25, 0.3) is 0 Å². The quantitative estimate of drug-likeness (QED) is 0.840. The van der Waals surface area contributed by atoms with E-state index in [-0.39, 0.29) is 5.91 Å². The minimum atomic E-state index is 0.146. The van der Waals surface area contributed by atoms with Crippen LogP contribution in [0, 0.1) is 5.92 Å². The summed E-state index contributed by atoms with van der Waals surface area (Å²) in [6, 6.07) is 6.02. The smallest absolute Gasteiger partial charge is 0.220 e. The first-order valence-electron chi connectivity index (χ1n) is 7.80. The average molecular weight is 291 g/mol. The van der Waals surface area contributed by atoms with Crippen molar-refractivity contribution in [3.8, 4) is 11.5 Å². The van der Waals surface area contributed by atoms with Crippen molar-refractivity contribution in [2.45, 2.75) is 39.5 Å². The monoisotopic (exact) mass is 291 g/mol.